The molecule has 0 bridgehead atoms. The second kappa shape index (κ2) is 6.00. The van der Waals surface area contributed by atoms with Crippen molar-refractivity contribution in [2.45, 2.75) is 71.3 Å². The minimum absolute atomic E-state index is 0.177. The summed E-state index contributed by atoms with van der Waals surface area (Å²) in [7, 11) is 0. The lowest BCUT2D eigenvalue weighted by molar-refractivity contribution is 0.332. The van der Waals surface area contributed by atoms with Crippen molar-refractivity contribution in [2.75, 3.05) is 6.54 Å². The first-order valence-electron chi connectivity index (χ1n) is 8.65. The summed E-state index contributed by atoms with van der Waals surface area (Å²) in [5.74, 6) is 3.03. The summed E-state index contributed by atoms with van der Waals surface area (Å²) in [4.78, 5) is 4.91. The Hall–Kier alpha value is -0.410. The molecule has 2 aliphatic rings. The highest BCUT2D eigenvalue weighted by molar-refractivity contribution is 7.09. The molecule has 0 spiro atoms. The molecule has 1 aromatic rings. The third-order valence-corrected chi connectivity index (χ3v) is 6.09. The third kappa shape index (κ3) is 3.68. The molecule has 3 rings (SSSR count). The lowest BCUT2D eigenvalue weighted by Crippen LogP contribution is -2.38. The standard InChI is InChI=1S/C18H30N2S/c1-5-6-19-15(14-8-12-7-13(12)9-14)10-17-20-16(11-21-17)18(2,3)4/h11-15,19H,5-10H2,1-4H3. The van der Waals surface area contributed by atoms with Gasteiger partial charge >= 0.3 is 0 Å². The van der Waals surface area contributed by atoms with E-state index in [1.165, 1.54) is 36.4 Å². The minimum atomic E-state index is 0.177. The highest BCUT2D eigenvalue weighted by Crippen LogP contribution is 2.55. The highest BCUT2D eigenvalue weighted by atomic mass is 32.1. The van der Waals surface area contributed by atoms with Crippen LogP contribution in [0.25, 0.3) is 0 Å². The quantitative estimate of drug-likeness (QED) is 0.842. The van der Waals surface area contributed by atoms with Crippen LogP contribution in [0, 0.1) is 17.8 Å². The van der Waals surface area contributed by atoms with E-state index < -0.39 is 0 Å². The highest BCUT2D eigenvalue weighted by Gasteiger charge is 2.47. The van der Waals surface area contributed by atoms with Gasteiger partial charge in [0.15, 0.2) is 0 Å². The number of nitrogens with zero attached hydrogens (tertiary/aromatic N) is 1. The number of thiazole rings is 1. The van der Waals surface area contributed by atoms with Gasteiger partial charge in [0.1, 0.15) is 0 Å². The minimum Gasteiger partial charge on any atom is -0.313 e. The monoisotopic (exact) mass is 306 g/mol. The van der Waals surface area contributed by atoms with E-state index in [-0.39, 0.29) is 5.41 Å². The molecule has 3 heteroatoms. The maximum atomic E-state index is 4.91. The largest absolute Gasteiger partial charge is 0.313 e. The fourth-order valence-corrected chi connectivity index (χ4v) is 4.84. The Balaban J connectivity index is 1.64. The Morgan fingerprint density at radius 1 is 1.29 bits per heavy atom. The Bertz CT molecular complexity index is 464. The number of aromatic nitrogens is 1. The third-order valence-electron chi connectivity index (χ3n) is 5.22. The number of nitrogens with one attached hydrogen (secondary N) is 1. The molecule has 2 nitrogen and oxygen atoms in total. The van der Waals surface area contributed by atoms with Crippen LogP contribution in [-0.2, 0) is 11.8 Å². The zero-order valence-corrected chi connectivity index (χ0v) is 14.8. The molecule has 1 aromatic heterocycles. The van der Waals surface area contributed by atoms with Crippen LogP contribution in [0.2, 0.25) is 0 Å². The predicted molar refractivity (Wildman–Crippen MR) is 90.9 cm³/mol. The molecule has 3 unspecified atom stereocenters. The first kappa shape index (κ1) is 15.5. The van der Waals surface area contributed by atoms with E-state index in [1.807, 2.05) is 11.3 Å². The molecule has 0 saturated heterocycles. The molecule has 1 heterocycles. The van der Waals surface area contributed by atoms with Gasteiger partial charge in [0.2, 0.25) is 0 Å². The number of hydrogen-bond acceptors (Lipinski definition) is 3. The zero-order chi connectivity index (χ0) is 15.0. The van der Waals surface area contributed by atoms with Crippen molar-refractivity contribution >= 4 is 11.3 Å². The van der Waals surface area contributed by atoms with Gasteiger partial charge in [-0.25, -0.2) is 4.98 Å². The van der Waals surface area contributed by atoms with Crippen molar-refractivity contribution in [2.24, 2.45) is 17.8 Å². The molecule has 1 N–H and O–H groups in total. The summed E-state index contributed by atoms with van der Waals surface area (Å²) in [5.41, 5.74) is 1.43. The second-order valence-electron chi connectivity index (χ2n) is 8.13. The lowest BCUT2D eigenvalue weighted by Gasteiger charge is -2.25. The van der Waals surface area contributed by atoms with Crippen LogP contribution in [0.1, 0.15) is 64.1 Å². The first-order chi connectivity index (χ1) is 9.97. The van der Waals surface area contributed by atoms with E-state index in [2.05, 4.69) is 38.4 Å². The number of fused-ring (bicyclic) bond motifs is 1. The Kier molecular flexibility index (Phi) is 4.42. The molecule has 0 amide bonds. The van der Waals surface area contributed by atoms with Gasteiger partial charge in [-0.3, -0.25) is 0 Å². The Morgan fingerprint density at radius 2 is 2.00 bits per heavy atom. The van der Waals surface area contributed by atoms with Gasteiger partial charge in [-0.15, -0.1) is 11.3 Å². The van der Waals surface area contributed by atoms with E-state index in [9.17, 15) is 0 Å². The molecule has 118 valence electrons. The molecule has 2 saturated carbocycles. The first-order valence-corrected chi connectivity index (χ1v) is 9.53. The zero-order valence-electron chi connectivity index (χ0n) is 14.0. The van der Waals surface area contributed by atoms with Crippen molar-refractivity contribution in [3.8, 4) is 0 Å². The normalized spacial score (nSPS) is 29.4. The van der Waals surface area contributed by atoms with Crippen molar-refractivity contribution in [1.82, 2.24) is 10.3 Å². The molecule has 2 fully saturated rings. The van der Waals surface area contributed by atoms with E-state index in [1.54, 1.807) is 0 Å². The predicted octanol–water partition coefficient (Wildman–Crippen LogP) is 4.40. The van der Waals surface area contributed by atoms with Crippen LogP contribution in [0.5, 0.6) is 0 Å². The maximum Gasteiger partial charge on any atom is 0.0944 e. The second-order valence-corrected chi connectivity index (χ2v) is 9.07. The van der Waals surface area contributed by atoms with E-state index >= 15 is 0 Å². The van der Waals surface area contributed by atoms with Gasteiger partial charge in [0.25, 0.3) is 0 Å². The smallest absolute Gasteiger partial charge is 0.0944 e. The van der Waals surface area contributed by atoms with Crippen LogP contribution in [-0.4, -0.2) is 17.6 Å². The molecule has 0 aliphatic heterocycles. The molecule has 2 aliphatic carbocycles. The Morgan fingerprint density at radius 3 is 2.57 bits per heavy atom. The van der Waals surface area contributed by atoms with Crippen LogP contribution in [0.3, 0.4) is 0 Å². The van der Waals surface area contributed by atoms with Crippen LogP contribution < -0.4 is 5.32 Å². The lowest BCUT2D eigenvalue weighted by atomic mass is 9.91. The fraction of sp³-hybridized carbons (Fsp3) is 0.833. The average molecular weight is 307 g/mol. The van der Waals surface area contributed by atoms with Gasteiger partial charge in [0.05, 0.1) is 10.7 Å². The molecule has 3 atom stereocenters. The molecule has 0 aromatic carbocycles. The number of hydrogen-bond donors (Lipinski definition) is 1. The number of rotatable bonds is 6. The van der Waals surface area contributed by atoms with Gasteiger partial charge < -0.3 is 5.32 Å². The van der Waals surface area contributed by atoms with Crippen LogP contribution in [0.15, 0.2) is 5.38 Å². The van der Waals surface area contributed by atoms with Crippen molar-refractivity contribution in [3.05, 3.63) is 16.1 Å². The molecular formula is C18H30N2S. The van der Waals surface area contributed by atoms with Crippen molar-refractivity contribution < 1.29 is 0 Å². The van der Waals surface area contributed by atoms with E-state index in [4.69, 9.17) is 4.98 Å². The Labute approximate surface area is 133 Å². The summed E-state index contributed by atoms with van der Waals surface area (Å²) in [6.07, 6.45) is 6.79. The summed E-state index contributed by atoms with van der Waals surface area (Å²) in [6, 6.07) is 0.650. The summed E-state index contributed by atoms with van der Waals surface area (Å²) < 4.78 is 0. The summed E-state index contributed by atoms with van der Waals surface area (Å²) in [6.45, 7) is 10.2. The van der Waals surface area contributed by atoms with Gasteiger partial charge in [-0.05, 0) is 50.0 Å². The topological polar surface area (TPSA) is 24.9 Å². The van der Waals surface area contributed by atoms with Crippen LogP contribution >= 0.6 is 11.3 Å². The van der Waals surface area contributed by atoms with Crippen molar-refractivity contribution in [3.63, 3.8) is 0 Å². The SMILES string of the molecule is CCCNC(Cc1nc(C(C)(C)C)cs1)C1CC2CC2C1. The molecule has 0 radical (unpaired) electrons. The van der Waals surface area contributed by atoms with Crippen molar-refractivity contribution in [1.29, 1.82) is 0 Å². The molecule has 21 heavy (non-hydrogen) atoms. The molecular weight excluding hydrogens is 276 g/mol. The summed E-state index contributed by atoms with van der Waals surface area (Å²) in [5, 5.41) is 7.41. The van der Waals surface area contributed by atoms with Gasteiger partial charge in [-0.1, -0.05) is 27.7 Å². The average Bonchev–Trinajstić information content (AvgIpc) is 2.87. The fourth-order valence-electron chi connectivity index (χ4n) is 3.76. The summed E-state index contributed by atoms with van der Waals surface area (Å²) >= 11 is 1.86. The maximum absolute atomic E-state index is 4.91. The van der Waals surface area contributed by atoms with E-state index in [0.717, 1.165) is 30.7 Å². The van der Waals surface area contributed by atoms with Crippen LogP contribution in [0.4, 0.5) is 0 Å². The van der Waals surface area contributed by atoms with Gasteiger partial charge in [0, 0.05) is 23.3 Å². The van der Waals surface area contributed by atoms with E-state index in [0.29, 0.717) is 6.04 Å². The van der Waals surface area contributed by atoms with Gasteiger partial charge in [-0.2, -0.15) is 0 Å².